The van der Waals surface area contributed by atoms with Crippen LogP contribution >= 0.6 is 0 Å². The number of aryl methyl sites for hydroxylation is 1. The van der Waals surface area contributed by atoms with Crippen LogP contribution in [-0.4, -0.2) is 10.9 Å². The number of primary amides is 1. The third-order valence-corrected chi connectivity index (χ3v) is 3.33. The number of carbonyl (C=O) groups excluding carboxylic acids is 1. The average Bonchev–Trinajstić information content (AvgIpc) is 2.48. The summed E-state index contributed by atoms with van der Waals surface area (Å²) in [7, 11) is 0. The second-order valence-corrected chi connectivity index (χ2v) is 4.92. The van der Waals surface area contributed by atoms with Crippen molar-refractivity contribution in [1.82, 2.24) is 4.98 Å². The van der Waals surface area contributed by atoms with Crippen molar-refractivity contribution >= 4 is 28.2 Å². The summed E-state index contributed by atoms with van der Waals surface area (Å²) in [5.74, 6) is -0.496. The van der Waals surface area contributed by atoms with Gasteiger partial charge in [-0.05, 0) is 31.2 Å². The Balaban J connectivity index is 2.23. The van der Waals surface area contributed by atoms with Crippen molar-refractivity contribution in [3.8, 4) is 0 Å². The summed E-state index contributed by atoms with van der Waals surface area (Å²) >= 11 is 0. The summed E-state index contributed by atoms with van der Waals surface area (Å²) in [6, 6.07) is 15.6. The van der Waals surface area contributed by atoms with Crippen LogP contribution in [0.4, 0.5) is 11.4 Å². The molecule has 1 aromatic heterocycles. The molecule has 0 aliphatic carbocycles. The van der Waals surface area contributed by atoms with Crippen molar-refractivity contribution in [3.05, 3.63) is 65.9 Å². The second kappa shape index (κ2) is 5.25. The van der Waals surface area contributed by atoms with Gasteiger partial charge in [0.05, 0.1) is 16.8 Å². The summed E-state index contributed by atoms with van der Waals surface area (Å²) in [6.07, 6.45) is 1.52. The Morgan fingerprint density at radius 2 is 1.90 bits per heavy atom. The molecule has 3 aromatic rings. The van der Waals surface area contributed by atoms with Gasteiger partial charge in [-0.3, -0.25) is 9.78 Å². The lowest BCUT2D eigenvalue weighted by atomic mass is 10.1. The fourth-order valence-electron chi connectivity index (χ4n) is 2.29. The molecule has 0 aliphatic rings. The highest BCUT2D eigenvalue weighted by Gasteiger charge is 2.13. The molecule has 0 spiro atoms. The number of nitrogens with two attached hydrogens (primary N) is 1. The normalized spacial score (nSPS) is 10.5. The first kappa shape index (κ1) is 13.1. The van der Waals surface area contributed by atoms with Crippen molar-refractivity contribution in [1.29, 1.82) is 0 Å². The SMILES string of the molecule is Cc1ccc2ncc(C(N)=O)c(Nc3ccccc3)c2c1. The van der Waals surface area contributed by atoms with E-state index in [0.29, 0.717) is 11.3 Å². The van der Waals surface area contributed by atoms with Crippen LogP contribution in [0.25, 0.3) is 10.9 Å². The lowest BCUT2D eigenvalue weighted by Gasteiger charge is -2.13. The van der Waals surface area contributed by atoms with E-state index in [9.17, 15) is 4.79 Å². The van der Waals surface area contributed by atoms with Crippen LogP contribution in [0.2, 0.25) is 0 Å². The smallest absolute Gasteiger partial charge is 0.252 e. The van der Waals surface area contributed by atoms with E-state index in [1.165, 1.54) is 6.20 Å². The van der Waals surface area contributed by atoms with Gasteiger partial charge in [0.1, 0.15) is 0 Å². The van der Waals surface area contributed by atoms with E-state index in [1.54, 1.807) is 0 Å². The predicted molar refractivity (Wildman–Crippen MR) is 84.7 cm³/mol. The molecule has 3 N–H and O–H groups in total. The van der Waals surface area contributed by atoms with Gasteiger partial charge in [0.2, 0.25) is 0 Å². The molecule has 0 atom stereocenters. The van der Waals surface area contributed by atoms with Crippen molar-refractivity contribution < 1.29 is 4.79 Å². The van der Waals surface area contributed by atoms with Gasteiger partial charge in [-0.25, -0.2) is 0 Å². The van der Waals surface area contributed by atoms with Gasteiger partial charge >= 0.3 is 0 Å². The molecular formula is C17H15N3O. The molecule has 0 unspecified atom stereocenters. The van der Waals surface area contributed by atoms with Crippen LogP contribution in [0, 0.1) is 6.92 Å². The Bertz CT molecular complexity index is 813. The van der Waals surface area contributed by atoms with Crippen molar-refractivity contribution in [2.45, 2.75) is 6.92 Å². The van der Waals surface area contributed by atoms with Crippen LogP contribution in [0.5, 0.6) is 0 Å². The summed E-state index contributed by atoms with van der Waals surface area (Å²) < 4.78 is 0. The summed E-state index contributed by atoms with van der Waals surface area (Å²) in [6.45, 7) is 2.00. The van der Waals surface area contributed by atoms with Gasteiger partial charge in [0.15, 0.2) is 0 Å². The maximum Gasteiger partial charge on any atom is 0.252 e. The van der Waals surface area contributed by atoms with Crippen LogP contribution < -0.4 is 11.1 Å². The summed E-state index contributed by atoms with van der Waals surface area (Å²) in [5.41, 5.74) is 9.38. The number of hydrogen-bond donors (Lipinski definition) is 2. The third kappa shape index (κ3) is 2.56. The highest BCUT2D eigenvalue weighted by molar-refractivity contribution is 6.07. The van der Waals surface area contributed by atoms with Crippen LogP contribution in [0.15, 0.2) is 54.7 Å². The number of nitrogens with zero attached hydrogens (tertiary/aromatic N) is 1. The quantitative estimate of drug-likeness (QED) is 0.771. The molecule has 1 heterocycles. The number of amides is 1. The van der Waals surface area contributed by atoms with E-state index >= 15 is 0 Å². The van der Waals surface area contributed by atoms with Gasteiger partial charge < -0.3 is 11.1 Å². The van der Waals surface area contributed by atoms with Gasteiger partial charge in [-0.1, -0.05) is 29.8 Å². The van der Waals surface area contributed by atoms with Crippen molar-refractivity contribution in [2.75, 3.05) is 5.32 Å². The molecule has 0 fully saturated rings. The largest absolute Gasteiger partial charge is 0.365 e. The Labute approximate surface area is 122 Å². The van der Waals surface area contributed by atoms with Gasteiger partial charge in [-0.2, -0.15) is 0 Å². The van der Waals surface area contributed by atoms with Crippen LogP contribution in [0.1, 0.15) is 15.9 Å². The second-order valence-electron chi connectivity index (χ2n) is 4.92. The predicted octanol–water partition coefficient (Wildman–Crippen LogP) is 3.39. The van der Waals surface area contributed by atoms with Crippen LogP contribution in [-0.2, 0) is 0 Å². The molecular weight excluding hydrogens is 262 g/mol. The van der Waals surface area contributed by atoms with Gasteiger partial charge in [0.25, 0.3) is 5.91 Å². The lowest BCUT2D eigenvalue weighted by Crippen LogP contribution is -2.14. The average molecular weight is 277 g/mol. The van der Waals surface area contributed by atoms with Crippen molar-refractivity contribution in [3.63, 3.8) is 0 Å². The molecule has 4 heteroatoms. The number of nitrogens with one attached hydrogen (secondary N) is 1. The molecule has 0 aliphatic heterocycles. The van der Waals surface area contributed by atoms with E-state index in [2.05, 4.69) is 10.3 Å². The Morgan fingerprint density at radius 1 is 1.14 bits per heavy atom. The molecule has 4 nitrogen and oxygen atoms in total. The minimum atomic E-state index is -0.496. The number of pyridine rings is 1. The molecule has 21 heavy (non-hydrogen) atoms. The standard InChI is InChI=1S/C17H15N3O/c1-11-7-8-15-13(9-11)16(14(10-19-15)17(18)21)20-12-5-3-2-4-6-12/h2-10H,1H3,(H2,18,21)(H,19,20). The molecule has 0 bridgehead atoms. The molecule has 1 amide bonds. The first-order valence-corrected chi connectivity index (χ1v) is 6.66. The zero-order valence-corrected chi connectivity index (χ0v) is 11.6. The molecule has 0 saturated carbocycles. The minimum Gasteiger partial charge on any atom is -0.365 e. The van der Waals surface area contributed by atoms with E-state index in [-0.39, 0.29) is 0 Å². The maximum atomic E-state index is 11.7. The summed E-state index contributed by atoms with van der Waals surface area (Å²) in [4.78, 5) is 16.0. The fraction of sp³-hybridized carbons (Fsp3) is 0.0588. The molecule has 3 rings (SSSR count). The van der Waals surface area contributed by atoms with Gasteiger partial charge in [0, 0.05) is 17.3 Å². The topological polar surface area (TPSA) is 68.0 Å². The molecule has 2 aromatic carbocycles. The Hall–Kier alpha value is -2.88. The highest BCUT2D eigenvalue weighted by Crippen LogP contribution is 2.29. The zero-order chi connectivity index (χ0) is 14.8. The fourth-order valence-corrected chi connectivity index (χ4v) is 2.29. The van der Waals surface area contributed by atoms with E-state index < -0.39 is 5.91 Å². The van der Waals surface area contributed by atoms with Crippen LogP contribution in [0.3, 0.4) is 0 Å². The molecule has 104 valence electrons. The zero-order valence-electron chi connectivity index (χ0n) is 11.6. The molecule has 0 saturated heterocycles. The number of aromatic nitrogens is 1. The number of hydrogen-bond acceptors (Lipinski definition) is 3. The number of fused-ring (bicyclic) bond motifs is 1. The Morgan fingerprint density at radius 3 is 2.62 bits per heavy atom. The van der Waals surface area contributed by atoms with Crippen molar-refractivity contribution in [2.24, 2.45) is 5.73 Å². The first-order valence-electron chi connectivity index (χ1n) is 6.66. The number of carbonyl (C=O) groups is 1. The monoisotopic (exact) mass is 277 g/mol. The maximum absolute atomic E-state index is 11.7. The number of benzene rings is 2. The highest BCUT2D eigenvalue weighted by atomic mass is 16.1. The number of rotatable bonds is 3. The van der Waals surface area contributed by atoms with Gasteiger partial charge in [-0.15, -0.1) is 0 Å². The first-order chi connectivity index (χ1) is 10.1. The minimum absolute atomic E-state index is 0.386. The van der Waals surface area contributed by atoms with E-state index in [4.69, 9.17) is 5.73 Å². The number of anilines is 2. The molecule has 0 radical (unpaired) electrons. The number of para-hydroxylation sites is 1. The summed E-state index contributed by atoms with van der Waals surface area (Å²) in [5, 5.41) is 4.17. The van der Waals surface area contributed by atoms with E-state index in [0.717, 1.165) is 22.2 Å². The lowest BCUT2D eigenvalue weighted by molar-refractivity contribution is 0.100. The Kier molecular flexibility index (Phi) is 3.28. The van der Waals surface area contributed by atoms with E-state index in [1.807, 2.05) is 55.5 Å². The third-order valence-electron chi connectivity index (χ3n) is 3.33.